The van der Waals surface area contributed by atoms with Crippen molar-refractivity contribution in [2.45, 2.75) is 13.5 Å². The zero-order chi connectivity index (χ0) is 19.6. The second-order valence-electron chi connectivity index (χ2n) is 5.62. The lowest BCUT2D eigenvalue weighted by Gasteiger charge is -2.12. The number of thiocarbonyl (C=S) groups is 1. The Bertz CT molecular complexity index is 926. The molecule has 0 bridgehead atoms. The second kappa shape index (κ2) is 8.61. The van der Waals surface area contributed by atoms with Crippen molar-refractivity contribution < 1.29 is 13.9 Å². The number of hydrogen-bond donors (Lipinski definition) is 0. The molecule has 0 atom stereocenters. The Balaban J connectivity index is 1.81. The number of hydrogen-bond acceptors (Lipinski definition) is 4. The number of halogens is 3. The molecule has 0 unspecified atom stereocenters. The van der Waals surface area contributed by atoms with Crippen LogP contribution < -0.4 is 4.74 Å². The molecule has 1 aliphatic rings. The van der Waals surface area contributed by atoms with Gasteiger partial charge in [0.25, 0.3) is 5.91 Å². The largest absolute Gasteiger partial charge is 0.486 e. The predicted molar refractivity (Wildman–Crippen MR) is 113 cm³/mol. The first-order valence-electron chi connectivity index (χ1n) is 8.01. The Morgan fingerprint density at radius 2 is 1.93 bits per heavy atom. The van der Waals surface area contributed by atoms with E-state index in [4.69, 9.17) is 40.2 Å². The average Bonchev–Trinajstić information content (AvgIpc) is 2.88. The monoisotopic (exact) mass is 441 g/mol. The van der Waals surface area contributed by atoms with Crippen LogP contribution in [0.3, 0.4) is 0 Å². The van der Waals surface area contributed by atoms with Crippen LogP contribution in [0.1, 0.15) is 18.1 Å². The Morgan fingerprint density at radius 1 is 1.26 bits per heavy atom. The molecule has 8 heteroatoms. The van der Waals surface area contributed by atoms with Crippen LogP contribution in [-0.4, -0.2) is 21.7 Å². The first kappa shape index (κ1) is 20.1. The van der Waals surface area contributed by atoms with Crippen molar-refractivity contribution in [3.05, 3.63) is 68.3 Å². The first-order chi connectivity index (χ1) is 12.9. The van der Waals surface area contributed by atoms with Gasteiger partial charge in [-0.2, -0.15) is 0 Å². The summed E-state index contributed by atoms with van der Waals surface area (Å²) in [6, 6.07) is 9.60. The summed E-state index contributed by atoms with van der Waals surface area (Å²) < 4.78 is 19.8. The Morgan fingerprint density at radius 3 is 2.52 bits per heavy atom. The minimum absolute atomic E-state index is 0.000613. The van der Waals surface area contributed by atoms with Gasteiger partial charge in [-0.25, -0.2) is 4.39 Å². The van der Waals surface area contributed by atoms with E-state index in [1.165, 1.54) is 22.7 Å². The molecule has 0 spiro atoms. The van der Waals surface area contributed by atoms with E-state index in [0.717, 1.165) is 0 Å². The summed E-state index contributed by atoms with van der Waals surface area (Å²) in [5.74, 6) is -0.237. The predicted octanol–water partition coefficient (Wildman–Crippen LogP) is 5.93. The maximum Gasteiger partial charge on any atom is 0.266 e. The minimum Gasteiger partial charge on any atom is -0.486 e. The molecule has 0 saturated carbocycles. The summed E-state index contributed by atoms with van der Waals surface area (Å²) in [6.45, 7) is 2.39. The van der Waals surface area contributed by atoms with Crippen LogP contribution in [0, 0.1) is 5.82 Å². The molecule has 27 heavy (non-hydrogen) atoms. The summed E-state index contributed by atoms with van der Waals surface area (Å²) in [5, 5.41) is 0.548. The number of ether oxygens (including phenoxy) is 1. The minimum atomic E-state index is -0.362. The van der Waals surface area contributed by atoms with Crippen LogP contribution in [0.25, 0.3) is 6.08 Å². The van der Waals surface area contributed by atoms with Gasteiger partial charge in [-0.15, -0.1) is 0 Å². The van der Waals surface area contributed by atoms with Crippen LogP contribution in [0.4, 0.5) is 4.39 Å². The maximum absolute atomic E-state index is 13.7. The molecule has 1 saturated heterocycles. The highest BCUT2D eigenvalue weighted by atomic mass is 35.5. The second-order valence-corrected chi connectivity index (χ2v) is 8.11. The number of carbonyl (C=O) groups excluding carboxylic acids is 1. The Hall–Kier alpha value is -1.60. The summed E-state index contributed by atoms with van der Waals surface area (Å²) in [5.41, 5.74) is 1.05. The lowest BCUT2D eigenvalue weighted by Crippen LogP contribution is -2.27. The fourth-order valence-corrected chi connectivity index (χ4v) is 4.49. The van der Waals surface area contributed by atoms with E-state index in [0.29, 0.717) is 26.9 Å². The summed E-state index contributed by atoms with van der Waals surface area (Å²) >= 11 is 19.0. The lowest BCUT2D eigenvalue weighted by atomic mass is 10.2. The van der Waals surface area contributed by atoms with E-state index in [1.54, 1.807) is 36.4 Å². The molecule has 0 radical (unpaired) electrons. The summed E-state index contributed by atoms with van der Waals surface area (Å²) in [7, 11) is 0. The highest BCUT2D eigenvalue weighted by Crippen LogP contribution is 2.37. The Kier molecular flexibility index (Phi) is 6.42. The third-order valence-corrected chi connectivity index (χ3v) is 5.78. The lowest BCUT2D eigenvalue weighted by molar-refractivity contribution is -0.121. The van der Waals surface area contributed by atoms with Crippen LogP contribution in [0.15, 0.2) is 41.3 Å². The standard InChI is InChI=1S/C19H14Cl2FNO2S2/c1-2-23-18(24)16(27-19(23)26)9-11-7-13(20)17(14(21)8-11)25-10-12-5-3-4-6-15(12)22/h3-9H,2,10H2,1H3/b16-9-. The molecule has 0 N–H and O–H groups in total. The van der Waals surface area contributed by atoms with E-state index >= 15 is 0 Å². The quantitative estimate of drug-likeness (QED) is 0.424. The molecule has 1 amide bonds. The summed E-state index contributed by atoms with van der Waals surface area (Å²) in [4.78, 5) is 14.3. The van der Waals surface area contributed by atoms with E-state index in [2.05, 4.69) is 0 Å². The van der Waals surface area contributed by atoms with Gasteiger partial charge in [0.1, 0.15) is 16.7 Å². The molecule has 0 aliphatic carbocycles. The van der Waals surface area contributed by atoms with E-state index in [1.807, 2.05) is 6.92 Å². The number of carbonyl (C=O) groups is 1. The van der Waals surface area contributed by atoms with Gasteiger partial charge in [0.05, 0.1) is 15.0 Å². The number of amides is 1. The maximum atomic E-state index is 13.7. The van der Waals surface area contributed by atoms with Gasteiger partial charge in [0, 0.05) is 12.1 Å². The van der Waals surface area contributed by atoms with Crippen LogP contribution in [0.5, 0.6) is 5.75 Å². The smallest absolute Gasteiger partial charge is 0.266 e. The SMILES string of the molecule is CCN1C(=O)/C(=C/c2cc(Cl)c(OCc3ccccc3F)c(Cl)c2)SC1=S. The third-order valence-electron chi connectivity index (χ3n) is 3.84. The average molecular weight is 442 g/mol. The molecule has 2 aromatic carbocycles. The molecule has 2 aromatic rings. The van der Waals surface area contributed by atoms with Crippen LogP contribution in [0.2, 0.25) is 10.0 Å². The topological polar surface area (TPSA) is 29.5 Å². The molecule has 3 nitrogen and oxygen atoms in total. The van der Waals surface area contributed by atoms with Gasteiger partial charge in [0.15, 0.2) is 5.75 Å². The molecule has 1 fully saturated rings. The van der Waals surface area contributed by atoms with Gasteiger partial charge in [0.2, 0.25) is 0 Å². The zero-order valence-electron chi connectivity index (χ0n) is 14.2. The summed E-state index contributed by atoms with van der Waals surface area (Å²) in [6.07, 6.45) is 1.69. The van der Waals surface area contributed by atoms with Crippen molar-refractivity contribution in [2.24, 2.45) is 0 Å². The first-order valence-corrected chi connectivity index (χ1v) is 9.99. The van der Waals surface area contributed by atoms with Crippen LogP contribution in [-0.2, 0) is 11.4 Å². The normalized spacial score (nSPS) is 15.7. The molecular weight excluding hydrogens is 428 g/mol. The van der Waals surface area contributed by atoms with Crippen molar-refractivity contribution in [2.75, 3.05) is 6.54 Å². The van der Waals surface area contributed by atoms with Crippen molar-refractivity contribution in [3.8, 4) is 5.75 Å². The van der Waals surface area contributed by atoms with Gasteiger partial charge in [-0.1, -0.05) is 65.4 Å². The number of thioether (sulfide) groups is 1. The number of nitrogens with zero attached hydrogens (tertiary/aromatic N) is 1. The van der Waals surface area contributed by atoms with Crippen molar-refractivity contribution in [3.63, 3.8) is 0 Å². The molecule has 1 aliphatic heterocycles. The van der Waals surface area contributed by atoms with Gasteiger partial charge >= 0.3 is 0 Å². The van der Waals surface area contributed by atoms with Crippen molar-refractivity contribution in [1.29, 1.82) is 0 Å². The molecule has 0 aromatic heterocycles. The van der Waals surface area contributed by atoms with Crippen LogP contribution >= 0.6 is 47.2 Å². The van der Waals surface area contributed by atoms with E-state index < -0.39 is 0 Å². The fraction of sp³-hybridized carbons (Fsp3) is 0.158. The highest BCUT2D eigenvalue weighted by molar-refractivity contribution is 8.26. The zero-order valence-corrected chi connectivity index (χ0v) is 17.3. The Labute approximate surface area is 176 Å². The van der Waals surface area contributed by atoms with Crippen molar-refractivity contribution >= 4 is 63.5 Å². The highest BCUT2D eigenvalue weighted by Gasteiger charge is 2.30. The molecule has 140 valence electrons. The van der Waals surface area contributed by atoms with Gasteiger partial charge < -0.3 is 4.74 Å². The van der Waals surface area contributed by atoms with Crippen molar-refractivity contribution in [1.82, 2.24) is 4.90 Å². The third kappa shape index (κ3) is 4.46. The molecular formula is C19H14Cl2FNO2S2. The van der Waals surface area contributed by atoms with E-state index in [9.17, 15) is 9.18 Å². The van der Waals surface area contributed by atoms with Gasteiger partial charge in [-0.05, 0) is 36.8 Å². The number of benzene rings is 2. The molecule has 1 heterocycles. The fourth-order valence-electron chi connectivity index (χ4n) is 2.49. The number of likely N-dealkylation sites (N-methyl/N-ethyl adjacent to an activating group) is 1. The van der Waals surface area contributed by atoms with E-state index in [-0.39, 0.29) is 34.1 Å². The number of rotatable bonds is 5. The molecule has 3 rings (SSSR count). The van der Waals surface area contributed by atoms with Gasteiger partial charge in [-0.3, -0.25) is 9.69 Å².